The number of benzene rings is 2. The molecule has 0 spiro atoms. The Balaban J connectivity index is 1.71. The molecule has 1 aromatic heterocycles. The summed E-state index contributed by atoms with van der Waals surface area (Å²) in [5.41, 5.74) is 1.23. The minimum absolute atomic E-state index is 0.0594. The van der Waals surface area contributed by atoms with Gasteiger partial charge in [0.05, 0.1) is 22.8 Å². The number of carboxylic acid groups (broad SMARTS) is 1. The molecule has 1 aliphatic carbocycles. The third-order valence-electron chi connectivity index (χ3n) is 6.42. The number of aliphatic carboxylic acids is 1. The van der Waals surface area contributed by atoms with E-state index in [0.29, 0.717) is 11.2 Å². The van der Waals surface area contributed by atoms with Crippen molar-refractivity contribution < 1.29 is 19.0 Å². The van der Waals surface area contributed by atoms with Gasteiger partial charge in [-0.25, -0.2) is 9.18 Å². The summed E-state index contributed by atoms with van der Waals surface area (Å²) in [5.74, 6) is -1.77. The lowest BCUT2D eigenvalue weighted by atomic mass is 9.95. The normalized spacial score (nSPS) is 15.4. The molecule has 7 heteroatoms. The lowest BCUT2D eigenvalue weighted by Crippen LogP contribution is -2.31. The Morgan fingerprint density at radius 1 is 1.18 bits per heavy atom. The Kier molecular flexibility index (Phi) is 7.20. The van der Waals surface area contributed by atoms with E-state index in [1.165, 1.54) is 12.5 Å². The molecule has 0 amide bonds. The predicted molar refractivity (Wildman–Crippen MR) is 131 cm³/mol. The van der Waals surface area contributed by atoms with Crippen LogP contribution >= 0.6 is 0 Å². The number of hydrogen-bond donors (Lipinski definition) is 2. The molecule has 3 aromatic rings. The summed E-state index contributed by atoms with van der Waals surface area (Å²) in [4.78, 5) is 25.1. The van der Waals surface area contributed by atoms with Gasteiger partial charge in [-0.05, 0) is 44.4 Å². The number of carboxylic acids is 1. The molecule has 1 fully saturated rings. The quantitative estimate of drug-likeness (QED) is 0.456. The van der Waals surface area contributed by atoms with Crippen molar-refractivity contribution in [1.82, 2.24) is 4.57 Å². The highest BCUT2D eigenvalue weighted by molar-refractivity contribution is 5.84. The Morgan fingerprint density at radius 3 is 2.53 bits per heavy atom. The van der Waals surface area contributed by atoms with Crippen LogP contribution < -0.4 is 15.5 Å². The fourth-order valence-electron chi connectivity index (χ4n) is 4.59. The van der Waals surface area contributed by atoms with E-state index in [1.54, 1.807) is 12.3 Å². The first kappa shape index (κ1) is 23.8. The van der Waals surface area contributed by atoms with Gasteiger partial charge in [0.15, 0.2) is 11.9 Å². The summed E-state index contributed by atoms with van der Waals surface area (Å²) in [7, 11) is 0. The molecule has 2 aromatic carbocycles. The van der Waals surface area contributed by atoms with Crippen LogP contribution in [0.4, 0.5) is 10.1 Å². The number of rotatable bonds is 8. The zero-order valence-corrected chi connectivity index (χ0v) is 19.6. The van der Waals surface area contributed by atoms with Gasteiger partial charge < -0.3 is 19.7 Å². The Morgan fingerprint density at radius 2 is 1.88 bits per heavy atom. The zero-order chi connectivity index (χ0) is 24.2. The van der Waals surface area contributed by atoms with Crippen LogP contribution in [0.5, 0.6) is 5.75 Å². The Hall–Kier alpha value is -3.35. The average Bonchev–Trinajstić information content (AvgIpc) is 2.82. The van der Waals surface area contributed by atoms with E-state index in [-0.39, 0.29) is 29.6 Å². The molecular weight excluding hydrogens is 435 g/mol. The second-order valence-corrected chi connectivity index (χ2v) is 9.29. The summed E-state index contributed by atoms with van der Waals surface area (Å²) in [6.45, 7) is 3.90. The fraction of sp³-hybridized carbons (Fsp3) is 0.407. The summed E-state index contributed by atoms with van der Waals surface area (Å²) < 4.78 is 22.6. The van der Waals surface area contributed by atoms with E-state index >= 15 is 4.39 Å². The van der Waals surface area contributed by atoms with E-state index in [9.17, 15) is 14.7 Å². The van der Waals surface area contributed by atoms with Gasteiger partial charge in [0, 0.05) is 18.5 Å². The average molecular weight is 467 g/mol. The van der Waals surface area contributed by atoms with Crippen LogP contribution in [-0.4, -0.2) is 27.8 Å². The lowest BCUT2D eigenvalue weighted by Gasteiger charge is -2.25. The van der Waals surface area contributed by atoms with Gasteiger partial charge in [-0.3, -0.25) is 4.79 Å². The van der Waals surface area contributed by atoms with Gasteiger partial charge in [-0.2, -0.15) is 0 Å². The van der Waals surface area contributed by atoms with Gasteiger partial charge in [0.25, 0.3) is 0 Å². The maximum absolute atomic E-state index is 15.1. The number of pyridine rings is 1. The fourth-order valence-corrected chi connectivity index (χ4v) is 4.59. The van der Waals surface area contributed by atoms with Crippen LogP contribution in [0.15, 0.2) is 53.5 Å². The number of fused-ring (bicyclic) bond motifs is 1. The molecule has 1 heterocycles. The third-order valence-corrected chi connectivity index (χ3v) is 6.42. The van der Waals surface area contributed by atoms with Crippen molar-refractivity contribution in [3.8, 4) is 5.75 Å². The maximum Gasteiger partial charge on any atom is 0.345 e. The Bertz CT molecular complexity index is 1220. The minimum atomic E-state index is -1.25. The first-order chi connectivity index (χ1) is 16.3. The molecule has 6 nitrogen and oxygen atoms in total. The van der Waals surface area contributed by atoms with E-state index in [0.717, 1.165) is 31.2 Å². The van der Waals surface area contributed by atoms with E-state index < -0.39 is 23.3 Å². The number of ether oxygens (including phenoxy) is 1. The van der Waals surface area contributed by atoms with Crippen LogP contribution in [0.1, 0.15) is 57.6 Å². The van der Waals surface area contributed by atoms with Crippen LogP contribution in [0, 0.1) is 5.82 Å². The van der Waals surface area contributed by atoms with Crippen LogP contribution in [0.2, 0.25) is 0 Å². The monoisotopic (exact) mass is 466 g/mol. The highest BCUT2D eigenvalue weighted by atomic mass is 19.1. The highest BCUT2D eigenvalue weighted by Gasteiger charge is 2.24. The molecule has 0 radical (unpaired) electrons. The van der Waals surface area contributed by atoms with Crippen molar-refractivity contribution in [3.05, 3.63) is 70.3 Å². The van der Waals surface area contributed by atoms with Crippen molar-refractivity contribution in [2.45, 2.75) is 70.6 Å². The number of nitrogens with one attached hydrogen (secondary N) is 1. The summed E-state index contributed by atoms with van der Waals surface area (Å²) in [6, 6.07) is 12.2. The molecule has 1 saturated carbocycles. The highest BCUT2D eigenvalue weighted by Crippen LogP contribution is 2.29. The summed E-state index contributed by atoms with van der Waals surface area (Å²) in [6.07, 6.45) is 5.85. The van der Waals surface area contributed by atoms with Gasteiger partial charge >= 0.3 is 5.97 Å². The number of aromatic nitrogens is 1. The van der Waals surface area contributed by atoms with Crippen molar-refractivity contribution in [2.24, 2.45) is 0 Å². The zero-order valence-electron chi connectivity index (χ0n) is 19.6. The molecule has 1 atom stereocenters. The number of hydrogen-bond acceptors (Lipinski definition) is 4. The number of carbonyl (C=O) groups is 1. The third kappa shape index (κ3) is 5.24. The van der Waals surface area contributed by atoms with Crippen molar-refractivity contribution in [2.75, 3.05) is 5.32 Å². The molecule has 1 aliphatic rings. The first-order valence-corrected chi connectivity index (χ1v) is 11.9. The topological polar surface area (TPSA) is 80.6 Å². The smallest absolute Gasteiger partial charge is 0.345 e. The van der Waals surface area contributed by atoms with Gasteiger partial charge in [-0.1, -0.05) is 49.6 Å². The van der Waals surface area contributed by atoms with Gasteiger partial charge in [0.1, 0.15) is 5.82 Å². The maximum atomic E-state index is 15.1. The number of halogens is 1. The van der Waals surface area contributed by atoms with Crippen LogP contribution in [-0.2, 0) is 11.2 Å². The van der Waals surface area contributed by atoms with Gasteiger partial charge in [0.2, 0.25) is 5.43 Å². The molecule has 0 aliphatic heterocycles. The lowest BCUT2D eigenvalue weighted by molar-refractivity contribution is -0.145. The predicted octanol–water partition coefficient (Wildman–Crippen LogP) is 5.54. The molecule has 4 rings (SSSR count). The first-order valence-electron chi connectivity index (χ1n) is 11.9. The minimum Gasteiger partial charge on any atom is -0.478 e. The number of anilines is 1. The summed E-state index contributed by atoms with van der Waals surface area (Å²) >= 11 is 0. The standard InChI is InChI=1S/C27H31FN2O4/c1-17(2)30-16-25(34-24(27(32)33)13-18-9-5-3-6-10-18)26(31)20-14-21(28)22(15-23(20)30)29-19-11-7-4-8-12-19/h3,5-6,9-10,14-17,19,24,29H,4,7-8,11-13H2,1-2H3,(H,32,33)/t24-/m0/s1. The molecular formula is C27H31FN2O4. The van der Waals surface area contributed by atoms with E-state index in [4.69, 9.17) is 4.74 Å². The largest absolute Gasteiger partial charge is 0.478 e. The molecule has 2 N–H and O–H groups in total. The van der Waals surface area contributed by atoms with Crippen molar-refractivity contribution in [1.29, 1.82) is 0 Å². The second-order valence-electron chi connectivity index (χ2n) is 9.29. The van der Waals surface area contributed by atoms with Crippen molar-refractivity contribution in [3.63, 3.8) is 0 Å². The Labute approximate surface area is 198 Å². The van der Waals surface area contributed by atoms with E-state index in [2.05, 4.69) is 5.32 Å². The molecule has 0 unspecified atom stereocenters. The van der Waals surface area contributed by atoms with Gasteiger partial charge in [-0.15, -0.1) is 0 Å². The molecule has 0 saturated heterocycles. The van der Waals surface area contributed by atoms with Crippen LogP contribution in [0.25, 0.3) is 10.9 Å². The van der Waals surface area contributed by atoms with Crippen LogP contribution in [0.3, 0.4) is 0 Å². The molecule has 34 heavy (non-hydrogen) atoms. The molecule has 180 valence electrons. The SMILES string of the molecule is CC(C)n1cc(O[C@@H](Cc2ccccc2)C(=O)O)c(=O)c2cc(F)c(NC3CCCCC3)cc21. The van der Waals surface area contributed by atoms with Crippen molar-refractivity contribution >= 4 is 22.6 Å². The summed E-state index contributed by atoms with van der Waals surface area (Å²) in [5, 5.41) is 13.2. The number of nitrogens with zero attached hydrogens (tertiary/aromatic N) is 1. The molecule has 0 bridgehead atoms. The second kappa shape index (κ2) is 10.3. The van der Waals surface area contributed by atoms with E-state index in [1.807, 2.05) is 48.7 Å².